The second kappa shape index (κ2) is 7.36. The highest BCUT2D eigenvalue weighted by Crippen LogP contribution is 2.30. The third-order valence-electron chi connectivity index (χ3n) is 4.42. The first-order valence-electron chi connectivity index (χ1n) is 8.58. The lowest BCUT2D eigenvalue weighted by molar-refractivity contribution is 0.0923. The van der Waals surface area contributed by atoms with Crippen LogP contribution in [0.3, 0.4) is 0 Å². The van der Waals surface area contributed by atoms with Crippen LogP contribution in [0.2, 0.25) is 5.02 Å². The van der Waals surface area contributed by atoms with Crippen LogP contribution in [0.1, 0.15) is 21.9 Å². The number of carbonyl (C=O) groups is 1. The third kappa shape index (κ3) is 3.32. The number of hydrogen-bond donors (Lipinski definition) is 2. The average Bonchev–Trinajstić information content (AvgIpc) is 3.32. The van der Waals surface area contributed by atoms with E-state index in [1.807, 2.05) is 43.3 Å². The largest absolute Gasteiger partial charge is 0.497 e. The van der Waals surface area contributed by atoms with Crippen LogP contribution < -0.4 is 10.1 Å². The number of furan rings is 1. The van der Waals surface area contributed by atoms with E-state index < -0.39 is 0 Å². The van der Waals surface area contributed by atoms with Crippen molar-refractivity contribution in [2.75, 3.05) is 7.11 Å². The van der Waals surface area contributed by atoms with Gasteiger partial charge in [-0.15, -0.1) is 0 Å². The van der Waals surface area contributed by atoms with Gasteiger partial charge in [0, 0.05) is 16.5 Å². The van der Waals surface area contributed by atoms with Crippen LogP contribution in [-0.2, 0) is 6.54 Å². The summed E-state index contributed by atoms with van der Waals surface area (Å²) in [6.07, 6.45) is 0. The van der Waals surface area contributed by atoms with Crippen LogP contribution in [0.15, 0.2) is 46.9 Å². The highest BCUT2D eigenvalue weighted by molar-refractivity contribution is 6.35. The molecule has 0 bridgehead atoms. The summed E-state index contributed by atoms with van der Waals surface area (Å²) in [5, 5.41) is 11.1. The fraction of sp³-hybridized carbons (Fsp3) is 0.150. The van der Waals surface area contributed by atoms with E-state index >= 15 is 0 Å². The molecular formula is C20H17ClN4O3. The van der Waals surface area contributed by atoms with Crippen molar-refractivity contribution >= 4 is 28.5 Å². The van der Waals surface area contributed by atoms with Gasteiger partial charge in [-0.25, -0.2) is 4.98 Å². The van der Waals surface area contributed by atoms with Gasteiger partial charge in [-0.1, -0.05) is 23.7 Å². The van der Waals surface area contributed by atoms with Crippen molar-refractivity contribution in [1.82, 2.24) is 20.5 Å². The van der Waals surface area contributed by atoms with Crippen LogP contribution in [-0.4, -0.2) is 28.2 Å². The summed E-state index contributed by atoms with van der Waals surface area (Å²) in [6, 6.07) is 12.8. The molecule has 0 aliphatic carbocycles. The van der Waals surface area contributed by atoms with E-state index in [0.29, 0.717) is 22.3 Å². The molecule has 0 saturated carbocycles. The van der Waals surface area contributed by atoms with Crippen molar-refractivity contribution in [2.45, 2.75) is 13.5 Å². The molecule has 0 saturated heterocycles. The minimum absolute atomic E-state index is 0.187. The third-order valence-corrected chi connectivity index (χ3v) is 4.72. The van der Waals surface area contributed by atoms with Crippen LogP contribution >= 0.6 is 11.6 Å². The summed E-state index contributed by atoms with van der Waals surface area (Å²) >= 11 is 6.14. The lowest BCUT2D eigenvalue weighted by atomic mass is 10.1. The molecule has 0 radical (unpaired) electrons. The Morgan fingerprint density at radius 1 is 1.25 bits per heavy atom. The molecule has 2 aromatic heterocycles. The molecule has 0 aliphatic rings. The van der Waals surface area contributed by atoms with Gasteiger partial charge in [0.15, 0.2) is 17.2 Å². The van der Waals surface area contributed by atoms with Gasteiger partial charge >= 0.3 is 0 Å². The molecule has 8 heteroatoms. The highest BCUT2D eigenvalue weighted by Gasteiger charge is 2.19. The Balaban J connectivity index is 1.47. The number of para-hydroxylation sites is 1. The number of methoxy groups -OCH3 is 1. The van der Waals surface area contributed by atoms with E-state index in [0.717, 1.165) is 22.3 Å². The number of H-pyrrole nitrogens is 1. The maximum Gasteiger partial charge on any atom is 0.287 e. The number of amides is 1. The number of benzene rings is 2. The van der Waals surface area contributed by atoms with Crippen LogP contribution in [0.25, 0.3) is 22.4 Å². The zero-order valence-corrected chi connectivity index (χ0v) is 16.0. The number of hydrogen-bond acceptors (Lipinski definition) is 5. The number of aromatic amines is 1. The normalized spacial score (nSPS) is 11.0. The van der Waals surface area contributed by atoms with Gasteiger partial charge in [0.05, 0.1) is 18.7 Å². The van der Waals surface area contributed by atoms with Gasteiger partial charge < -0.3 is 14.5 Å². The van der Waals surface area contributed by atoms with Crippen molar-refractivity contribution in [2.24, 2.45) is 0 Å². The SMILES string of the molecule is COc1ccc(-c2n[nH]c(CNC(=O)c3oc4c(Cl)cccc4c3C)n2)cc1. The minimum atomic E-state index is -0.341. The Morgan fingerprint density at radius 2 is 2.04 bits per heavy atom. The van der Waals surface area contributed by atoms with Crippen LogP contribution in [0.4, 0.5) is 0 Å². The molecule has 0 unspecified atom stereocenters. The molecule has 2 N–H and O–H groups in total. The monoisotopic (exact) mass is 396 g/mol. The van der Waals surface area contributed by atoms with Gasteiger partial charge in [0.2, 0.25) is 0 Å². The standard InChI is InChI=1S/C20H17ClN4O3/c1-11-14-4-3-5-15(21)18(14)28-17(11)20(26)22-10-16-23-19(25-24-16)12-6-8-13(27-2)9-7-12/h3-9H,10H2,1-2H3,(H,22,26)(H,23,24,25). The van der Waals surface area contributed by atoms with Gasteiger partial charge in [-0.05, 0) is 37.3 Å². The summed E-state index contributed by atoms with van der Waals surface area (Å²) in [4.78, 5) is 17.0. The number of ether oxygens (including phenoxy) is 1. The molecule has 1 amide bonds. The van der Waals surface area contributed by atoms with E-state index in [-0.39, 0.29) is 18.2 Å². The summed E-state index contributed by atoms with van der Waals surface area (Å²) in [5.41, 5.74) is 2.09. The van der Waals surface area contributed by atoms with Crippen molar-refractivity contribution in [3.8, 4) is 17.1 Å². The predicted octanol–water partition coefficient (Wildman–Crippen LogP) is 4.12. The smallest absolute Gasteiger partial charge is 0.287 e. The van der Waals surface area contributed by atoms with Gasteiger partial charge in [0.1, 0.15) is 11.6 Å². The van der Waals surface area contributed by atoms with Gasteiger partial charge in [0.25, 0.3) is 5.91 Å². The second-order valence-corrected chi connectivity index (χ2v) is 6.60. The van der Waals surface area contributed by atoms with Crippen LogP contribution in [0, 0.1) is 6.92 Å². The van der Waals surface area contributed by atoms with Crippen molar-refractivity contribution < 1.29 is 13.9 Å². The first-order chi connectivity index (χ1) is 13.6. The first-order valence-corrected chi connectivity index (χ1v) is 8.96. The number of halogens is 1. The Labute approximate surface area is 165 Å². The predicted molar refractivity (Wildman–Crippen MR) is 106 cm³/mol. The minimum Gasteiger partial charge on any atom is -0.497 e. The van der Waals surface area contributed by atoms with Gasteiger partial charge in [-0.2, -0.15) is 5.10 Å². The summed E-state index contributed by atoms with van der Waals surface area (Å²) in [5.74, 6) is 1.72. The maximum atomic E-state index is 12.5. The first kappa shape index (κ1) is 18.1. The Kier molecular flexibility index (Phi) is 4.75. The number of nitrogens with one attached hydrogen (secondary N) is 2. The number of nitrogens with zero attached hydrogens (tertiary/aromatic N) is 2. The van der Waals surface area contributed by atoms with E-state index in [1.54, 1.807) is 13.2 Å². The average molecular weight is 397 g/mol. The summed E-state index contributed by atoms with van der Waals surface area (Å²) in [6.45, 7) is 2.01. The van der Waals surface area contributed by atoms with E-state index in [2.05, 4.69) is 20.5 Å². The van der Waals surface area contributed by atoms with Gasteiger partial charge in [-0.3, -0.25) is 9.89 Å². The van der Waals surface area contributed by atoms with E-state index in [4.69, 9.17) is 20.8 Å². The van der Waals surface area contributed by atoms with Crippen molar-refractivity contribution in [1.29, 1.82) is 0 Å². The molecule has 0 aliphatic heterocycles. The Hall–Kier alpha value is -3.32. The quantitative estimate of drug-likeness (QED) is 0.529. The maximum absolute atomic E-state index is 12.5. The number of rotatable bonds is 5. The molecule has 0 atom stereocenters. The molecule has 28 heavy (non-hydrogen) atoms. The number of aromatic nitrogens is 3. The lowest BCUT2D eigenvalue weighted by Gasteiger charge is -2.01. The Morgan fingerprint density at radius 3 is 2.75 bits per heavy atom. The van der Waals surface area contributed by atoms with E-state index in [1.165, 1.54) is 0 Å². The highest BCUT2D eigenvalue weighted by atomic mass is 35.5. The lowest BCUT2D eigenvalue weighted by Crippen LogP contribution is -2.23. The second-order valence-electron chi connectivity index (χ2n) is 6.19. The molecular weight excluding hydrogens is 380 g/mol. The molecule has 4 aromatic rings. The Bertz CT molecular complexity index is 1150. The molecule has 4 rings (SSSR count). The van der Waals surface area contributed by atoms with Crippen molar-refractivity contribution in [3.63, 3.8) is 0 Å². The fourth-order valence-corrected chi connectivity index (χ4v) is 3.13. The fourth-order valence-electron chi connectivity index (χ4n) is 2.91. The molecule has 7 nitrogen and oxygen atoms in total. The zero-order valence-electron chi connectivity index (χ0n) is 15.2. The van der Waals surface area contributed by atoms with Crippen molar-refractivity contribution in [3.05, 3.63) is 64.6 Å². The number of fused-ring (bicyclic) bond motifs is 1. The molecule has 2 aromatic carbocycles. The van der Waals surface area contributed by atoms with E-state index in [9.17, 15) is 4.79 Å². The summed E-state index contributed by atoms with van der Waals surface area (Å²) in [7, 11) is 1.61. The topological polar surface area (TPSA) is 93.0 Å². The number of aryl methyl sites for hydroxylation is 1. The molecule has 0 spiro atoms. The number of carbonyl (C=O) groups excluding carboxylic acids is 1. The molecule has 2 heterocycles. The molecule has 142 valence electrons. The molecule has 0 fully saturated rings. The summed E-state index contributed by atoms with van der Waals surface area (Å²) < 4.78 is 10.8. The van der Waals surface area contributed by atoms with Crippen LogP contribution in [0.5, 0.6) is 5.75 Å². The zero-order chi connectivity index (χ0) is 19.7.